The first-order valence-electron chi connectivity index (χ1n) is 5.78. The van der Waals surface area contributed by atoms with Gasteiger partial charge in [0.1, 0.15) is 5.82 Å². The second kappa shape index (κ2) is 5.54. The molecule has 0 aliphatic carbocycles. The maximum Gasteiger partial charge on any atom is 0.209 e. The molecule has 0 aromatic carbocycles. The van der Waals surface area contributed by atoms with E-state index < -0.39 is 10.0 Å². The average molecular weight is 334 g/mol. The number of hydrogen-bond acceptors (Lipinski definition) is 4. The molecular weight excluding hydrogens is 318 g/mol. The van der Waals surface area contributed by atoms with Crippen molar-refractivity contribution in [2.24, 2.45) is 0 Å². The van der Waals surface area contributed by atoms with Crippen molar-refractivity contribution in [1.82, 2.24) is 9.71 Å². The maximum absolute atomic E-state index is 11.2. The van der Waals surface area contributed by atoms with E-state index in [1.807, 2.05) is 12.1 Å². The largest absolute Gasteiger partial charge is 0.355 e. The lowest BCUT2D eigenvalue weighted by Crippen LogP contribution is -2.47. The summed E-state index contributed by atoms with van der Waals surface area (Å²) in [4.78, 5) is 6.44. The SMILES string of the molecule is CS(=O)(=O)NC1CCCN(c2ccc(Br)cn2)C1. The molecule has 1 aliphatic heterocycles. The zero-order valence-corrected chi connectivity index (χ0v) is 12.5. The van der Waals surface area contributed by atoms with Gasteiger partial charge in [-0.3, -0.25) is 0 Å². The number of sulfonamides is 1. The lowest BCUT2D eigenvalue weighted by Gasteiger charge is -2.33. The van der Waals surface area contributed by atoms with Crippen molar-refractivity contribution in [3.05, 3.63) is 22.8 Å². The van der Waals surface area contributed by atoms with Crippen LogP contribution in [0.15, 0.2) is 22.8 Å². The van der Waals surface area contributed by atoms with Gasteiger partial charge < -0.3 is 4.90 Å². The Labute approximate surface area is 116 Å². The standard InChI is InChI=1S/C11H16BrN3O2S/c1-18(16,17)14-10-3-2-6-15(8-10)11-5-4-9(12)7-13-11/h4-5,7,10,14H,2-3,6,8H2,1H3. The van der Waals surface area contributed by atoms with Crippen molar-refractivity contribution < 1.29 is 8.42 Å². The Bertz CT molecular complexity index is 504. The normalized spacial score (nSPS) is 21.0. The topological polar surface area (TPSA) is 62.3 Å². The number of rotatable bonds is 3. The first-order chi connectivity index (χ1) is 8.44. The first kappa shape index (κ1) is 13.8. The van der Waals surface area contributed by atoms with E-state index in [0.717, 1.165) is 29.7 Å². The molecule has 0 amide bonds. The Kier molecular flexibility index (Phi) is 4.24. The van der Waals surface area contributed by atoms with Gasteiger partial charge in [-0.25, -0.2) is 18.1 Å². The van der Waals surface area contributed by atoms with Crippen LogP contribution in [0.1, 0.15) is 12.8 Å². The molecule has 18 heavy (non-hydrogen) atoms. The molecule has 2 rings (SSSR count). The molecule has 1 N–H and O–H groups in total. The molecule has 1 aromatic heterocycles. The Morgan fingerprint density at radius 3 is 2.89 bits per heavy atom. The average Bonchev–Trinajstić information content (AvgIpc) is 2.28. The molecule has 1 fully saturated rings. The summed E-state index contributed by atoms with van der Waals surface area (Å²) in [5.74, 6) is 0.887. The third-order valence-corrected chi connectivity index (χ3v) is 4.07. The summed E-state index contributed by atoms with van der Waals surface area (Å²) in [6, 6.07) is 3.85. The minimum absolute atomic E-state index is 0.0285. The lowest BCUT2D eigenvalue weighted by molar-refractivity contribution is 0.465. The molecule has 0 spiro atoms. The lowest BCUT2D eigenvalue weighted by atomic mass is 10.1. The second-order valence-corrected chi connectivity index (χ2v) is 7.21. The van der Waals surface area contributed by atoms with E-state index in [2.05, 4.69) is 30.5 Å². The van der Waals surface area contributed by atoms with Gasteiger partial charge in [-0.15, -0.1) is 0 Å². The van der Waals surface area contributed by atoms with Crippen molar-refractivity contribution in [3.63, 3.8) is 0 Å². The highest BCUT2D eigenvalue weighted by atomic mass is 79.9. The molecule has 100 valence electrons. The van der Waals surface area contributed by atoms with E-state index in [9.17, 15) is 8.42 Å². The van der Waals surface area contributed by atoms with Crippen LogP contribution in [0.25, 0.3) is 0 Å². The van der Waals surface area contributed by atoms with Gasteiger partial charge in [0.15, 0.2) is 0 Å². The fraction of sp³-hybridized carbons (Fsp3) is 0.545. The molecule has 1 unspecified atom stereocenters. The summed E-state index contributed by atoms with van der Waals surface area (Å²) in [7, 11) is -3.14. The van der Waals surface area contributed by atoms with Gasteiger partial charge in [0.2, 0.25) is 10.0 Å². The van der Waals surface area contributed by atoms with Crippen LogP contribution in [0.5, 0.6) is 0 Å². The van der Waals surface area contributed by atoms with Crippen LogP contribution in [0.2, 0.25) is 0 Å². The summed E-state index contributed by atoms with van der Waals surface area (Å²) < 4.78 is 26.1. The molecule has 5 nitrogen and oxygen atoms in total. The van der Waals surface area contributed by atoms with Gasteiger partial charge in [-0.1, -0.05) is 0 Å². The van der Waals surface area contributed by atoms with E-state index in [4.69, 9.17) is 0 Å². The van der Waals surface area contributed by atoms with E-state index in [1.165, 1.54) is 6.26 Å². The number of pyridine rings is 1. The highest BCUT2D eigenvalue weighted by Gasteiger charge is 2.22. The smallest absolute Gasteiger partial charge is 0.209 e. The van der Waals surface area contributed by atoms with Gasteiger partial charge in [-0.2, -0.15) is 0 Å². The Morgan fingerprint density at radius 1 is 1.50 bits per heavy atom. The van der Waals surface area contributed by atoms with Crippen LogP contribution in [0, 0.1) is 0 Å². The molecular formula is C11H16BrN3O2S. The molecule has 2 heterocycles. The van der Waals surface area contributed by atoms with Crippen molar-refractivity contribution in [1.29, 1.82) is 0 Å². The van der Waals surface area contributed by atoms with Crippen LogP contribution in [0.4, 0.5) is 5.82 Å². The summed E-state index contributed by atoms with van der Waals surface area (Å²) in [5, 5.41) is 0. The maximum atomic E-state index is 11.2. The van der Waals surface area contributed by atoms with E-state index in [0.29, 0.717) is 6.54 Å². The molecule has 1 saturated heterocycles. The minimum atomic E-state index is -3.14. The molecule has 0 radical (unpaired) electrons. The monoisotopic (exact) mass is 333 g/mol. The molecule has 7 heteroatoms. The quantitative estimate of drug-likeness (QED) is 0.907. The third kappa shape index (κ3) is 3.93. The number of aromatic nitrogens is 1. The van der Waals surface area contributed by atoms with Crippen LogP contribution in [0.3, 0.4) is 0 Å². The highest BCUT2D eigenvalue weighted by Crippen LogP contribution is 2.19. The first-order valence-corrected chi connectivity index (χ1v) is 8.46. The van der Waals surface area contributed by atoms with Crippen molar-refractivity contribution in [2.75, 3.05) is 24.2 Å². The molecule has 1 aromatic rings. The fourth-order valence-electron chi connectivity index (χ4n) is 2.14. The number of halogens is 1. The minimum Gasteiger partial charge on any atom is -0.355 e. The van der Waals surface area contributed by atoms with Gasteiger partial charge in [-0.05, 0) is 40.9 Å². The highest BCUT2D eigenvalue weighted by molar-refractivity contribution is 9.10. The van der Waals surface area contributed by atoms with E-state index in [1.54, 1.807) is 6.20 Å². The van der Waals surface area contributed by atoms with Crippen LogP contribution in [-0.4, -0.2) is 38.8 Å². The third-order valence-electron chi connectivity index (χ3n) is 2.84. The number of anilines is 1. The van der Waals surface area contributed by atoms with E-state index >= 15 is 0 Å². The second-order valence-electron chi connectivity index (χ2n) is 4.51. The number of piperidine rings is 1. The predicted octanol–water partition coefficient (Wildman–Crippen LogP) is 1.36. The summed E-state index contributed by atoms with van der Waals surface area (Å²) >= 11 is 3.35. The van der Waals surface area contributed by atoms with Crippen molar-refractivity contribution >= 4 is 31.8 Å². The van der Waals surface area contributed by atoms with Gasteiger partial charge in [0.05, 0.1) is 6.26 Å². The molecule has 1 aliphatic rings. The number of nitrogens with zero attached hydrogens (tertiary/aromatic N) is 2. The van der Waals surface area contributed by atoms with Gasteiger partial charge in [0, 0.05) is 29.8 Å². The fourth-order valence-corrected chi connectivity index (χ4v) is 3.17. The summed E-state index contributed by atoms with van der Waals surface area (Å²) in [6.45, 7) is 1.58. The van der Waals surface area contributed by atoms with Crippen LogP contribution < -0.4 is 9.62 Å². The number of hydrogen-bond donors (Lipinski definition) is 1. The predicted molar refractivity (Wildman–Crippen MR) is 75.2 cm³/mol. The van der Waals surface area contributed by atoms with Gasteiger partial charge >= 0.3 is 0 Å². The molecule has 0 bridgehead atoms. The summed E-state index contributed by atoms with van der Waals surface area (Å²) in [5.41, 5.74) is 0. The zero-order chi connectivity index (χ0) is 13.2. The van der Waals surface area contributed by atoms with Crippen LogP contribution in [-0.2, 0) is 10.0 Å². The Hall–Kier alpha value is -0.660. The Morgan fingerprint density at radius 2 is 2.28 bits per heavy atom. The molecule has 1 atom stereocenters. The molecule has 0 saturated carbocycles. The van der Waals surface area contributed by atoms with Gasteiger partial charge in [0.25, 0.3) is 0 Å². The zero-order valence-electron chi connectivity index (χ0n) is 10.1. The van der Waals surface area contributed by atoms with Crippen molar-refractivity contribution in [2.45, 2.75) is 18.9 Å². The van der Waals surface area contributed by atoms with E-state index in [-0.39, 0.29) is 6.04 Å². The van der Waals surface area contributed by atoms with Crippen LogP contribution >= 0.6 is 15.9 Å². The summed E-state index contributed by atoms with van der Waals surface area (Å²) in [6.07, 6.45) is 4.79. The van der Waals surface area contributed by atoms with Crippen molar-refractivity contribution in [3.8, 4) is 0 Å². The number of nitrogens with one attached hydrogen (secondary N) is 1. The Balaban J connectivity index is 2.04.